The molecule has 2 atom stereocenters. The number of fused-ring (bicyclic) bond motifs is 1. The Morgan fingerprint density at radius 1 is 1.13 bits per heavy atom. The SMILES string of the molecule is CC[C@@H](C)[C@H](C(=O)Nc1nc2ccccc2[nH]1)c1ccccc1. The fraction of sp³-hybridized carbons (Fsp3) is 0.263. The first-order chi connectivity index (χ1) is 11.2. The van der Waals surface area contributed by atoms with Crippen LogP contribution in [-0.4, -0.2) is 15.9 Å². The van der Waals surface area contributed by atoms with Crippen molar-refractivity contribution in [2.45, 2.75) is 26.2 Å². The summed E-state index contributed by atoms with van der Waals surface area (Å²) in [5.74, 6) is 0.543. The van der Waals surface area contributed by atoms with E-state index < -0.39 is 0 Å². The van der Waals surface area contributed by atoms with E-state index in [2.05, 4.69) is 29.1 Å². The van der Waals surface area contributed by atoms with Crippen molar-refractivity contribution in [1.82, 2.24) is 9.97 Å². The summed E-state index contributed by atoms with van der Waals surface area (Å²) in [5.41, 5.74) is 2.81. The van der Waals surface area contributed by atoms with Crippen LogP contribution in [0.3, 0.4) is 0 Å². The van der Waals surface area contributed by atoms with Crippen LogP contribution < -0.4 is 5.32 Å². The van der Waals surface area contributed by atoms with Gasteiger partial charge in [0.15, 0.2) is 0 Å². The number of anilines is 1. The third-order valence-electron chi connectivity index (χ3n) is 4.29. The number of H-pyrrole nitrogens is 1. The van der Waals surface area contributed by atoms with Gasteiger partial charge in [-0.15, -0.1) is 0 Å². The number of benzene rings is 2. The normalized spacial score (nSPS) is 13.7. The molecule has 0 aliphatic rings. The van der Waals surface area contributed by atoms with Crippen LogP contribution >= 0.6 is 0 Å². The number of amides is 1. The lowest BCUT2D eigenvalue weighted by molar-refractivity contribution is -0.118. The zero-order valence-corrected chi connectivity index (χ0v) is 13.4. The molecule has 0 radical (unpaired) electrons. The monoisotopic (exact) mass is 307 g/mol. The van der Waals surface area contributed by atoms with Crippen molar-refractivity contribution in [3.63, 3.8) is 0 Å². The second-order valence-corrected chi connectivity index (χ2v) is 5.87. The van der Waals surface area contributed by atoms with E-state index in [1.54, 1.807) is 0 Å². The Balaban J connectivity index is 1.86. The van der Waals surface area contributed by atoms with E-state index in [1.165, 1.54) is 0 Å². The standard InChI is InChI=1S/C19H21N3O/c1-3-13(2)17(14-9-5-4-6-10-14)18(23)22-19-20-15-11-7-8-12-16(15)21-19/h4-13,17H,3H2,1-2H3,(H2,20,21,22,23)/t13-,17+/m1/s1. The number of imidazole rings is 1. The Bertz CT molecular complexity index is 761. The predicted molar refractivity (Wildman–Crippen MR) is 93.4 cm³/mol. The van der Waals surface area contributed by atoms with E-state index in [9.17, 15) is 4.79 Å². The molecule has 1 amide bonds. The van der Waals surface area contributed by atoms with Crippen molar-refractivity contribution in [1.29, 1.82) is 0 Å². The maximum atomic E-state index is 12.8. The highest BCUT2D eigenvalue weighted by Gasteiger charge is 2.26. The molecular weight excluding hydrogens is 286 g/mol. The molecule has 3 rings (SSSR count). The van der Waals surface area contributed by atoms with Crippen LogP contribution in [0.25, 0.3) is 11.0 Å². The number of carbonyl (C=O) groups is 1. The maximum absolute atomic E-state index is 12.8. The van der Waals surface area contributed by atoms with Crippen molar-refractivity contribution in [2.75, 3.05) is 5.32 Å². The van der Waals surface area contributed by atoms with Crippen molar-refractivity contribution < 1.29 is 4.79 Å². The third-order valence-corrected chi connectivity index (χ3v) is 4.29. The smallest absolute Gasteiger partial charge is 0.234 e. The third kappa shape index (κ3) is 3.26. The van der Waals surface area contributed by atoms with Crippen LogP contribution in [0.4, 0.5) is 5.95 Å². The van der Waals surface area contributed by atoms with Gasteiger partial charge in [-0.05, 0) is 23.6 Å². The lowest BCUT2D eigenvalue weighted by Gasteiger charge is -2.22. The molecule has 2 aromatic carbocycles. The van der Waals surface area contributed by atoms with Crippen molar-refractivity contribution in [2.24, 2.45) is 5.92 Å². The number of aromatic nitrogens is 2. The Morgan fingerprint density at radius 3 is 2.52 bits per heavy atom. The molecule has 0 bridgehead atoms. The number of para-hydroxylation sites is 2. The summed E-state index contributed by atoms with van der Waals surface area (Å²) in [4.78, 5) is 20.4. The fourth-order valence-electron chi connectivity index (χ4n) is 2.84. The van der Waals surface area contributed by atoms with Gasteiger partial charge < -0.3 is 4.98 Å². The van der Waals surface area contributed by atoms with Crippen LogP contribution in [-0.2, 0) is 4.79 Å². The van der Waals surface area contributed by atoms with Gasteiger partial charge in [0, 0.05) is 0 Å². The average molecular weight is 307 g/mol. The second kappa shape index (κ2) is 6.65. The molecule has 0 aliphatic carbocycles. The Kier molecular flexibility index (Phi) is 4.42. The number of hydrogen-bond acceptors (Lipinski definition) is 2. The van der Waals surface area contributed by atoms with Gasteiger partial charge in [-0.25, -0.2) is 4.98 Å². The molecule has 0 spiro atoms. The topological polar surface area (TPSA) is 57.8 Å². The summed E-state index contributed by atoms with van der Waals surface area (Å²) in [5, 5.41) is 2.94. The van der Waals surface area contributed by atoms with Gasteiger partial charge in [0.05, 0.1) is 17.0 Å². The molecule has 0 unspecified atom stereocenters. The summed E-state index contributed by atoms with van der Waals surface area (Å²) < 4.78 is 0. The molecule has 1 heterocycles. The summed E-state index contributed by atoms with van der Waals surface area (Å²) in [7, 11) is 0. The first-order valence-corrected chi connectivity index (χ1v) is 7.99. The molecule has 2 N–H and O–H groups in total. The van der Waals surface area contributed by atoms with E-state index in [4.69, 9.17) is 0 Å². The second-order valence-electron chi connectivity index (χ2n) is 5.87. The molecule has 1 aromatic heterocycles. The van der Waals surface area contributed by atoms with Crippen LogP contribution in [0.15, 0.2) is 54.6 Å². The van der Waals surface area contributed by atoms with E-state index in [0.29, 0.717) is 5.95 Å². The summed E-state index contributed by atoms with van der Waals surface area (Å²) >= 11 is 0. The van der Waals surface area contributed by atoms with E-state index in [-0.39, 0.29) is 17.7 Å². The highest BCUT2D eigenvalue weighted by molar-refractivity contribution is 5.96. The number of carbonyl (C=O) groups excluding carboxylic acids is 1. The van der Waals surface area contributed by atoms with Gasteiger partial charge in [0.1, 0.15) is 0 Å². The maximum Gasteiger partial charge on any atom is 0.234 e. The van der Waals surface area contributed by atoms with Crippen LogP contribution in [0.1, 0.15) is 31.7 Å². The number of hydrogen-bond donors (Lipinski definition) is 2. The molecule has 0 aliphatic heterocycles. The van der Waals surface area contributed by atoms with E-state index in [0.717, 1.165) is 23.0 Å². The van der Waals surface area contributed by atoms with E-state index in [1.807, 2.05) is 54.6 Å². The minimum absolute atomic E-state index is 0.0235. The molecule has 3 aromatic rings. The van der Waals surface area contributed by atoms with Crippen molar-refractivity contribution in [3.05, 3.63) is 60.2 Å². The highest BCUT2D eigenvalue weighted by Crippen LogP contribution is 2.28. The minimum Gasteiger partial charge on any atom is -0.324 e. The average Bonchev–Trinajstić information content (AvgIpc) is 2.98. The van der Waals surface area contributed by atoms with Crippen LogP contribution in [0, 0.1) is 5.92 Å². The van der Waals surface area contributed by atoms with Gasteiger partial charge >= 0.3 is 0 Å². The Labute approximate surface area is 136 Å². The van der Waals surface area contributed by atoms with Gasteiger partial charge in [0.2, 0.25) is 11.9 Å². The van der Waals surface area contributed by atoms with Crippen LogP contribution in [0.5, 0.6) is 0 Å². The van der Waals surface area contributed by atoms with E-state index >= 15 is 0 Å². The zero-order chi connectivity index (χ0) is 16.2. The van der Waals surface area contributed by atoms with Gasteiger partial charge in [-0.3, -0.25) is 10.1 Å². The van der Waals surface area contributed by atoms with Gasteiger partial charge in [-0.1, -0.05) is 62.7 Å². The molecule has 4 heteroatoms. The van der Waals surface area contributed by atoms with Gasteiger partial charge in [0.25, 0.3) is 0 Å². The largest absolute Gasteiger partial charge is 0.324 e. The molecular formula is C19H21N3O. The lowest BCUT2D eigenvalue weighted by Crippen LogP contribution is -2.26. The van der Waals surface area contributed by atoms with Crippen LogP contribution in [0.2, 0.25) is 0 Å². The zero-order valence-electron chi connectivity index (χ0n) is 13.4. The number of nitrogens with zero attached hydrogens (tertiary/aromatic N) is 1. The van der Waals surface area contributed by atoms with Gasteiger partial charge in [-0.2, -0.15) is 0 Å². The highest BCUT2D eigenvalue weighted by atomic mass is 16.2. The summed E-state index contributed by atoms with van der Waals surface area (Å²) in [6.45, 7) is 4.21. The Hall–Kier alpha value is -2.62. The molecule has 0 saturated carbocycles. The molecule has 118 valence electrons. The minimum atomic E-state index is -0.186. The predicted octanol–water partition coefficient (Wildman–Crippen LogP) is 4.33. The summed E-state index contributed by atoms with van der Waals surface area (Å²) in [6.07, 6.45) is 0.938. The molecule has 23 heavy (non-hydrogen) atoms. The Morgan fingerprint density at radius 2 is 1.83 bits per heavy atom. The first kappa shape index (κ1) is 15.3. The number of nitrogens with one attached hydrogen (secondary N) is 2. The lowest BCUT2D eigenvalue weighted by atomic mass is 9.85. The molecule has 0 fully saturated rings. The quantitative estimate of drug-likeness (QED) is 0.737. The fourth-order valence-corrected chi connectivity index (χ4v) is 2.84. The first-order valence-electron chi connectivity index (χ1n) is 7.99. The number of aromatic amines is 1. The molecule has 0 saturated heterocycles. The summed E-state index contributed by atoms with van der Waals surface area (Å²) in [6, 6.07) is 17.7. The van der Waals surface area contributed by atoms with Crippen molar-refractivity contribution >= 4 is 22.9 Å². The molecule has 4 nitrogen and oxygen atoms in total. The number of rotatable bonds is 5. The van der Waals surface area contributed by atoms with Crippen molar-refractivity contribution in [3.8, 4) is 0 Å².